The van der Waals surface area contributed by atoms with Crippen LogP contribution in [0.2, 0.25) is 0 Å². The van der Waals surface area contributed by atoms with Crippen LogP contribution >= 0.6 is 0 Å². The molecule has 0 spiro atoms. The summed E-state index contributed by atoms with van der Waals surface area (Å²) >= 11 is 0. The Balaban J connectivity index is 2.26. The summed E-state index contributed by atoms with van der Waals surface area (Å²) in [7, 11) is 0. The molecular weight excluding hydrogens is 207 g/mol. The maximum absolute atomic E-state index is 13.8. The van der Waals surface area contributed by atoms with E-state index in [1.807, 2.05) is 11.0 Å². The van der Waals surface area contributed by atoms with Crippen LogP contribution in [0, 0.1) is 11.7 Å². The number of halogens is 1. The minimum atomic E-state index is -0.221. The van der Waals surface area contributed by atoms with Crippen LogP contribution < -0.4 is 10.6 Å². The molecule has 0 aliphatic carbocycles. The van der Waals surface area contributed by atoms with Gasteiger partial charge < -0.3 is 15.7 Å². The number of hydrogen-bond acceptors (Lipinski definition) is 3. The summed E-state index contributed by atoms with van der Waals surface area (Å²) in [6.45, 7) is 2.01. The van der Waals surface area contributed by atoms with E-state index in [1.54, 1.807) is 6.07 Å². The van der Waals surface area contributed by atoms with E-state index in [9.17, 15) is 4.39 Å². The van der Waals surface area contributed by atoms with E-state index in [0.29, 0.717) is 18.8 Å². The Kier molecular flexibility index (Phi) is 3.41. The first-order chi connectivity index (χ1) is 7.76. The molecule has 1 heterocycles. The Morgan fingerprint density at radius 1 is 1.50 bits per heavy atom. The summed E-state index contributed by atoms with van der Waals surface area (Å²) in [4.78, 5) is 1.98. The highest BCUT2D eigenvalue weighted by Crippen LogP contribution is 2.29. The minimum absolute atomic E-state index is 0.170. The number of aliphatic hydroxyl groups excluding tert-OH is 1. The van der Waals surface area contributed by atoms with Gasteiger partial charge in [-0.2, -0.15) is 0 Å². The zero-order chi connectivity index (χ0) is 11.5. The standard InChI is InChI=1S/C12H17FN2O/c13-11-3-1-2-10(6-14)12(11)15-5-4-9(7-15)8-16/h1-3,9,16H,4-8,14H2. The Bertz CT molecular complexity index is 370. The summed E-state index contributed by atoms with van der Waals surface area (Å²) in [6, 6.07) is 4.99. The highest BCUT2D eigenvalue weighted by Gasteiger charge is 2.25. The van der Waals surface area contributed by atoms with Crippen molar-refractivity contribution >= 4 is 5.69 Å². The Hall–Kier alpha value is -1.13. The average molecular weight is 224 g/mol. The number of aliphatic hydroxyl groups is 1. The lowest BCUT2D eigenvalue weighted by Crippen LogP contribution is -2.23. The number of rotatable bonds is 3. The first kappa shape index (κ1) is 11.4. The molecule has 0 radical (unpaired) electrons. The summed E-state index contributed by atoms with van der Waals surface area (Å²) in [5.41, 5.74) is 7.06. The second-order valence-electron chi connectivity index (χ2n) is 4.23. The van der Waals surface area contributed by atoms with Crippen LogP contribution in [0.15, 0.2) is 18.2 Å². The van der Waals surface area contributed by atoms with E-state index in [2.05, 4.69) is 0 Å². The molecule has 0 saturated carbocycles. The molecule has 1 aliphatic heterocycles. The van der Waals surface area contributed by atoms with Crippen molar-refractivity contribution in [2.45, 2.75) is 13.0 Å². The van der Waals surface area contributed by atoms with Gasteiger partial charge in [-0.3, -0.25) is 0 Å². The van der Waals surface area contributed by atoms with Crippen LogP contribution in [0.1, 0.15) is 12.0 Å². The molecule has 1 fully saturated rings. The van der Waals surface area contributed by atoms with E-state index < -0.39 is 0 Å². The van der Waals surface area contributed by atoms with E-state index in [0.717, 1.165) is 18.5 Å². The number of hydrogen-bond donors (Lipinski definition) is 2. The molecule has 1 aromatic rings. The summed E-state index contributed by atoms with van der Waals surface area (Å²) in [6.07, 6.45) is 0.912. The van der Waals surface area contributed by atoms with Gasteiger partial charge in [0.15, 0.2) is 0 Å². The van der Waals surface area contributed by atoms with E-state index in [4.69, 9.17) is 10.8 Å². The lowest BCUT2D eigenvalue weighted by atomic mass is 10.1. The third-order valence-corrected chi connectivity index (χ3v) is 3.15. The third kappa shape index (κ3) is 2.03. The zero-order valence-electron chi connectivity index (χ0n) is 9.19. The second kappa shape index (κ2) is 4.80. The van der Waals surface area contributed by atoms with Crippen molar-refractivity contribution in [3.05, 3.63) is 29.6 Å². The van der Waals surface area contributed by atoms with Crippen molar-refractivity contribution < 1.29 is 9.50 Å². The predicted octanol–water partition coefficient (Wildman–Crippen LogP) is 1.10. The number of anilines is 1. The lowest BCUT2D eigenvalue weighted by Gasteiger charge is -2.22. The predicted molar refractivity (Wildman–Crippen MR) is 61.7 cm³/mol. The Morgan fingerprint density at radius 3 is 2.94 bits per heavy atom. The molecule has 88 valence electrons. The van der Waals surface area contributed by atoms with Crippen molar-refractivity contribution in [1.29, 1.82) is 0 Å². The molecule has 4 heteroatoms. The van der Waals surface area contributed by atoms with Crippen LogP contribution in [0.5, 0.6) is 0 Å². The number of para-hydroxylation sites is 1. The highest BCUT2D eigenvalue weighted by atomic mass is 19.1. The quantitative estimate of drug-likeness (QED) is 0.808. The Labute approximate surface area is 94.7 Å². The van der Waals surface area contributed by atoms with Gasteiger partial charge >= 0.3 is 0 Å². The van der Waals surface area contributed by atoms with Gasteiger partial charge in [0.05, 0.1) is 5.69 Å². The molecule has 0 bridgehead atoms. The number of benzene rings is 1. The number of nitrogens with zero attached hydrogens (tertiary/aromatic N) is 1. The molecule has 3 nitrogen and oxygen atoms in total. The lowest BCUT2D eigenvalue weighted by molar-refractivity contribution is 0.238. The molecule has 0 aromatic heterocycles. The van der Waals surface area contributed by atoms with Crippen LogP contribution in [-0.4, -0.2) is 24.8 Å². The van der Waals surface area contributed by atoms with Crippen molar-refractivity contribution in [2.24, 2.45) is 11.7 Å². The average Bonchev–Trinajstić information content (AvgIpc) is 2.76. The monoisotopic (exact) mass is 224 g/mol. The fraction of sp³-hybridized carbons (Fsp3) is 0.500. The van der Waals surface area contributed by atoms with Crippen molar-refractivity contribution in [1.82, 2.24) is 0 Å². The summed E-state index contributed by atoms with van der Waals surface area (Å²) in [5, 5.41) is 9.08. The topological polar surface area (TPSA) is 49.5 Å². The fourth-order valence-corrected chi connectivity index (χ4v) is 2.26. The SMILES string of the molecule is NCc1cccc(F)c1N1CCC(CO)C1. The normalized spacial score (nSPS) is 20.4. The van der Waals surface area contributed by atoms with Gasteiger partial charge in [-0.25, -0.2) is 4.39 Å². The number of nitrogens with two attached hydrogens (primary N) is 1. The molecule has 0 amide bonds. The largest absolute Gasteiger partial charge is 0.396 e. The third-order valence-electron chi connectivity index (χ3n) is 3.15. The molecule has 1 saturated heterocycles. The van der Waals surface area contributed by atoms with Gasteiger partial charge in [0.2, 0.25) is 0 Å². The first-order valence-electron chi connectivity index (χ1n) is 5.59. The minimum Gasteiger partial charge on any atom is -0.396 e. The van der Waals surface area contributed by atoms with Gasteiger partial charge in [0, 0.05) is 32.2 Å². The molecule has 1 unspecified atom stereocenters. The van der Waals surface area contributed by atoms with Gasteiger partial charge in [-0.05, 0) is 18.1 Å². The van der Waals surface area contributed by atoms with Gasteiger partial charge in [-0.1, -0.05) is 12.1 Å². The Morgan fingerprint density at radius 2 is 2.31 bits per heavy atom. The van der Waals surface area contributed by atoms with Crippen molar-refractivity contribution in [3.8, 4) is 0 Å². The van der Waals surface area contributed by atoms with Gasteiger partial charge in [0.1, 0.15) is 5.82 Å². The molecule has 1 aromatic carbocycles. The van der Waals surface area contributed by atoms with Crippen molar-refractivity contribution in [2.75, 3.05) is 24.6 Å². The fourth-order valence-electron chi connectivity index (χ4n) is 2.26. The van der Waals surface area contributed by atoms with E-state index in [1.165, 1.54) is 6.07 Å². The molecule has 2 rings (SSSR count). The van der Waals surface area contributed by atoms with Crippen LogP contribution in [0.25, 0.3) is 0 Å². The molecule has 3 N–H and O–H groups in total. The maximum atomic E-state index is 13.8. The molecule has 1 atom stereocenters. The van der Waals surface area contributed by atoms with Gasteiger partial charge in [-0.15, -0.1) is 0 Å². The summed E-state index contributed by atoms with van der Waals surface area (Å²) in [5.74, 6) is 0.0340. The second-order valence-corrected chi connectivity index (χ2v) is 4.23. The highest BCUT2D eigenvalue weighted by molar-refractivity contribution is 5.55. The van der Waals surface area contributed by atoms with Crippen molar-refractivity contribution in [3.63, 3.8) is 0 Å². The first-order valence-corrected chi connectivity index (χ1v) is 5.59. The molecular formula is C12H17FN2O. The smallest absolute Gasteiger partial charge is 0.146 e. The zero-order valence-corrected chi connectivity index (χ0v) is 9.19. The van der Waals surface area contributed by atoms with E-state index in [-0.39, 0.29) is 18.3 Å². The maximum Gasteiger partial charge on any atom is 0.146 e. The van der Waals surface area contributed by atoms with Gasteiger partial charge in [0.25, 0.3) is 0 Å². The molecule has 16 heavy (non-hydrogen) atoms. The van der Waals surface area contributed by atoms with Crippen LogP contribution in [0.3, 0.4) is 0 Å². The summed E-state index contributed by atoms with van der Waals surface area (Å²) < 4.78 is 13.8. The van der Waals surface area contributed by atoms with Crippen LogP contribution in [-0.2, 0) is 6.54 Å². The van der Waals surface area contributed by atoms with E-state index >= 15 is 0 Å². The molecule has 1 aliphatic rings. The van der Waals surface area contributed by atoms with Crippen LogP contribution in [0.4, 0.5) is 10.1 Å².